The minimum Gasteiger partial charge on any atom is -0.398 e. The van der Waals surface area contributed by atoms with Crippen LogP contribution in [-0.2, 0) is 17.7 Å². The van der Waals surface area contributed by atoms with E-state index >= 15 is 0 Å². The molecule has 0 amide bonds. The van der Waals surface area contributed by atoms with Crippen molar-refractivity contribution in [3.05, 3.63) is 29.3 Å². The van der Waals surface area contributed by atoms with Gasteiger partial charge in [0.05, 0.1) is 6.61 Å². The number of nitrogen functional groups attached to an aromatic ring is 1. The molecule has 2 N–H and O–H groups in total. The molecule has 1 aromatic rings. The minimum atomic E-state index is 0.476. The van der Waals surface area contributed by atoms with Crippen LogP contribution in [0.2, 0.25) is 0 Å². The predicted molar refractivity (Wildman–Crippen MR) is 70.9 cm³/mol. The summed E-state index contributed by atoms with van der Waals surface area (Å²) in [4.78, 5) is 2.47. The molecule has 1 aliphatic heterocycles. The molecule has 0 radical (unpaired) electrons. The Labute approximate surface area is 104 Å². The first-order valence-electron chi connectivity index (χ1n) is 6.40. The van der Waals surface area contributed by atoms with Gasteiger partial charge in [0.2, 0.25) is 0 Å². The van der Waals surface area contributed by atoms with Crippen molar-refractivity contribution in [1.82, 2.24) is 4.90 Å². The van der Waals surface area contributed by atoms with E-state index in [-0.39, 0.29) is 0 Å². The lowest BCUT2D eigenvalue weighted by Crippen LogP contribution is -2.40. The second kappa shape index (κ2) is 5.52. The van der Waals surface area contributed by atoms with Crippen molar-refractivity contribution < 1.29 is 4.74 Å². The van der Waals surface area contributed by atoms with Gasteiger partial charge >= 0.3 is 0 Å². The Morgan fingerprint density at radius 2 is 2.29 bits per heavy atom. The summed E-state index contributed by atoms with van der Waals surface area (Å²) in [6.07, 6.45) is 1.05. The number of nitrogens with zero attached hydrogens (tertiary/aromatic N) is 1. The molecule has 1 unspecified atom stereocenters. The number of nitrogens with two attached hydrogens (primary N) is 1. The molecule has 0 saturated heterocycles. The summed E-state index contributed by atoms with van der Waals surface area (Å²) < 4.78 is 5.49. The van der Waals surface area contributed by atoms with Gasteiger partial charge < -0.3 is 10.5 Å². The molecule has 0 spiro atoms. The molecule has 0 bridgehead atoms. The normalized spacial score (nSPS) is 17.8. The Kier molecular flexibility index (Phi) is 4.02. The molecule has 1 aliphatic rings. The van der Waals surface area contributed by atoms with Crippen LogP contribution in [0, 0.1) is 0 Å². The third-order valence-corrected chi connectivity index (χ3v) is 3.52. The van der Waals surface area contributed by atoms with Crippen LogP contribution in [0.15, 0.2) is 18.2 Å². The van der Waals surface area contributed by atoms with E-state index in [4.69, 9.17) is 10.5 Å². The number of hydrogen-bond donors (Lipinski definition) is 1. The van der Waals surface area contributed by atoms with Crippen molar-refractivity contribution in [3.8, 4) is 0 Å². The van der Waals surface area contributed by atoms with E-state index in [1.165, 1.54) is 11.1 Å². The predicted octanol–water partition coefficient (Wildman–Crippen LogP) is 2.05. The summed E-state index contributed by atoms with van der Waals surface area (Å²) in [6, 6.07) is 6.71. The third kappa shape index (κ3) is 2.79. The van der Waals surface area contributed by atoms with Gasteiger partial charge in [-0.15, -0.1) is 0 Å². The van der Waals surface area contributed by atoms with Crippen LogP contribution in [0.5, 0.6) is 0 Å². The van der Waals surface area contributed by atoms with Gasteiger partial charge in [-0.05, 0) is 37.5 Å². The molecule has 0 aliphatic carbocycles. The molecule has 0 aromatic heterocycles. The highest BCUT2D eigenvalue weighted by Crippen LogP contribution is 2.25. The SMILES string of the molecule is CCOCC(C)N1CCc2c(N)cccc2C1. The molecule has 94 valence electrons. The summed E-state index contributed by atoms with van der Waals surface area (Å²) >= 11 is 0. The van der Waals surface area contributed by atoms with Crippen molar-refractivity contribution in [2.45, 2.75) is 32.9 Å². The zero-order chi connectivity index (χ0) is 12.3. The van der Waals surface area contributed by atoms with E-state index in [9.17, 15) is 0 Å². The van der Waals surface area contributed by atoms with Crippen LogP contribution >= 0.6 is 0 Å². The summed E-state index contributed by atoms with van der Waals surface area (Å²) in [5.74, 6) is 0. The third-order valence-electron chi connectivity index (χ3n) is 3.52. The highest BCUT2D eigenvalue weighted by molar-refractivity contribution is 5.51. The fraction of sp³-hybridized carbons (Fsp3) is 0.571. The molecule has 3 heteroatoms. The van der Waals surface area contributed by atoms with Crippen molar-refractivity contribution in [3.63, 3.8) is 0 Å². The van der Waals surface area contributed by atoms with Crippen LogP contribution in [0.25, 0.3) is 0 Å². The van der Waals surface area contributed by atoms with Crippen molar-refractivity contribution in [2.75, 3.05) is 25.5 Å². The zero-order valence-electron chi connectivity index (χ0n) is 10.8. The van der Waals surface area contributed by atoms with E-state index in [0.717, 1.165) is 38.4 Å². The first kappa shape index (κ1) is 12.4. The Balaban J connectivity index is 2.03. The van der Waals surface area contributed by atoms with Crippen LogP contribution in [0.1, 0.15) is 25.0 Å². The van der Waals surface area contributed by atoms with E-state index < -0.39 is 0 Å². The standard InChI is InChI=1S/C14H22N2O/c1-3-17-10-11(2)16-8-7-13-12(9-16)5-4-6-14(13)15/h4-6,11H,3,7-10,15H2,1-2H3. The van der Waals surface area contributed by atoms with Crippen LogP contribution in [0.3, 0.4) is 0 Å². The van der Waals surface area contributed by atoms with Crippen LogP contribution < -0.4 is 5.73 Å². The maximum absolute atomic E-state index is 6.00. The van der Waals surface area contributed by atoms with Gasteiger partial charge in [0.15, 0.2) is 0 Å². The number of anilines is 1. The summed E-state index contributed by atoms with van der Waals surface area (Å²) in [7, 11) is 0. The average molecular weight is 234 g/mol. The second-order valence-electron chi connectivity index (χ2n) is 4.71. The van der Waals surface area contributed by atoms with E-state index in [2.05, 4.69) is 17.9 Å². The maximum atomic E-state index is 6.00. The molecular formula is C14H22N2O. The molecule has 17 heavy (non-hydrogen) atoms. The van der Waals surface area contributed by atoms with E-state index in [1.54, 1.807) is 0 Å². The first-order valence-corrected chi connectivity index (χ1v) is 6.40. The van der Waals surface area contributed by atoms with Gasteiger partial charge in [-0.2, -0.15) is 0 Å². The lowest BCUT2D eigenvalue weighted by molar-refractivity contribution is 0.0670. The summed E-state index contributed by atoms with van der Waals surface area (Å²) in [6.45, 7) is 7.95. The Bertz CT molecular complexity index is 378. The van der Waals surface area contributed by atoms with E-state index in [1.807, 2.05) is 19.1 Å². The molecule has 3 nitrogen and oxygen atoms in total. The highest BCUT2D eigenvalue weighted by Gasteiger charge is 2.21. The van der Waals surface area contributed by atoms with Crippen LogP contribution in [0.4, 0.5) is 5.69 Å². The van der Waals surface area contributed by atoms with Crippen molar-refractivity contribution in [1.29, 1.82) is 0 Å². The molecule has 0 fully saturated rings. The quantitative estimate of drug-likeness (QED) is 0.810. The highest BCUT2D eigenvalue weighted by atomic mass is 16.5. The van der Waals surface area contributed by atoms with Crippen LogP contribution in [-0.4, -0.2) is 30.7 Å². The Hall–Kier alpha value is -1.06. The largest absolute Gasteiger partial charge is 0.398 e. The van der Waals surface area contributed by atoms with Gasteiger partial charge in [-0.25, -0.2) is 0 Å². The molecule has 1 aromatic carbocycles. The van der Waals surface area contributed by atoms with Crippen molar-refractivity contribution in [2.24, 2.45) is 0 Å². The molecule has 1 atom stereocenters. The zero-order valence-corrected chi connectivity index (χ0v) is 10.8. The first-order chi connectivity index (χ1) is 8.22. The van der Waals surface area contributed by atoms with Gasteiger partial charge in [0.1, 0.15) is 0 Å². The number of hydrogen-bond acceptors (Lipinski definition) is 3. The van der Waals surface area contributed by atoms with Gasteiger partial charge in [0, 0.05) is 31.4 Å². The lowest BCUT2D eigenvalue weighted by Gasteiger charge is -2.34. The monoisotopic (exact) mass is 234 g/mol. The topological polar surface area (TPSA) is 38.5 Å². The molecule has 2 rings (SSSR count). The fourth-order valence-electron chi connectivity index (χ4n) is 2.43. The molecule has 1 heterocycles. The number of ether oxygens (including phenoxy) is 1. The van der Waals surface area contributed by atoms with E-state index in [0.29, 0.717) is 6.04 Å². The minimum absolute atomic E-state index is 0.476. The average Bonchev–Trinajstić information content (AvgIpc) is 2.36. The summed E-state index contributed by atoms with van der Waals surface area (Å²) in [5, 5.41) is 0. The summed E-state index contributed by atoms with van der Waals surface area (Å²) in [5.41, 5.74) is 9.66. The smallest absolute Gasteiger partial charge is 0.0619 e. The van der Waals surface area contributed by atoms with Gasteiger partial charge in [-0.3, -0.25) is 4.90 Å². The fourth-order valence-corrected chi connectivity index (χ4v) is 2.43. The van der Waals surface area contributed by atoms with Crippen molar-refractivity contribution >= 4 is 5.69 Å². The van der Waals surface area contributed by atoms with Gasteiger partial charge in [-0.1, -0.05) is 12.1 Å². The number of fused-ring (bicyclic) bond motifs is 1. The Morgan fingerprint density at radius 1 is 1.47 bits per heavy atom. The molecule has 0 saturated carbocycles. The Morgan fingerprint density at radius 3 is 3.06 bits per heavy atom. The number of benzene rings is 1. The van der Waals surface area contributed by atoms with Gasteiger partial charge in [0.25, 0.3) is 0 Å². The maximum Gasteiger partial charge on any atom is 0.0619 e. The second-order valence-corrected chi connectivity index (χ2v) is 4.71. The lowest BCUT2D eigenvalue weighted by atomic mass is 9.97. The molecular weight excluding hydrogens is 212 g/mol. The number of rotatable bonds is 4.